The van der Waals surface area contributed by atoms with Crippen LogP contribution in [0.25, 0.3) is 0 Å². The Balaban J connectivity index is 1.63. The number of carbonyl (C=O) groups excluding carboxylic acids is 2. The smallest absolute Gasteiger partial charge is 0.309 e. The van der Waals surface area contributed by atoms with E-state index in [9.17, 15) is 28.1 Å². The van der Waals surface area contributed by atoms with Gasteiger partial charge in [-0.25, -0.2) is 13.1 Å². The van der Waals surface area contributed by atoms with Crippen LogP contribution in [0.4, 0.5) is 11.4 Å². The lowest BCUT2D eigenvalue weighted by Gasteiger charge is -2.48. The SMILES string of the molecule is Cc1ccccc1N1CC(C)(C)N(C[C@H](NS(=O)(=O)c2ccccc2[N+](=O)[O-])[C@@H]2C[C@@H](C)C(=O)O2)CC1=O. The predicted molar refractivity (Wildman–Crippen MR) is 140 cm³/mol. The summed E-state index contributed by atoms with van der Waals surface area (Å²) in [7, 11) is -4.37. The van der Waals surface area contributed by atoms with Crippen molar-refractivity contribution in [3.8, 4) is 0 Å². The van der Waals surface area contributed by atoms with Gasteiger partial charge in [-0.1, -0.05) is 37.3 Å². The molecule has 0 aliphatic carbocycles. The summed E-state index contributed by atoms with van der Waals surface area (Å²) in [5.41, 5.74) is 0.662. The zero-order chi connectivity index (χ0) is 27.8. The van der Waals surface area contributed by atoms with Gasteiger partial charge >= 0.3 is 5.97 Å². The number of esters is 1. The summed E-state index contributed by atoms with van der Waals surface area (Å²) >= 11 is 0. The number of nitro groups is 1. The monoisotopic (exact) mass is 544 g/mol. The van der Waals surface area contributed by atoms with Gasteiger partial charge in [-0.3, -0.25) is 24.6 Å². The molecule has 2 saturated heterocycles. The summed E-state index contributed by atoms with van der Waals surface area (Å²) in [5.74, 6) is -1.01. The van der Waals surface area contributed by atoms with Crippen LogP contribution in [0.15, 0.2) is 53.4 Å². The van der Waals surface area contributed by atoms with Gasteiger partial charge in [0.05, 0.1) is 23.4 Å². The molecule has 3 atom stereocenters. The minimum Gasteiger partial charge on any atom is -0.460 e. The highest BCUT2D eigenvalue weighted by molar-refractivity contribution is 7.89. The van der Waals surface area contributed by atoms with Gasteiger partial charge in [-0.15, -0.1) is 0 Å². The summed E-state index contributed by atoms with van der Waals surface area (Å²) in [6.45, 7) is 7.99. The molecule has 4 rings (SSSR count). The molecule has 2 aromatic rings. The number of nitrogens with zero attached hydrogens (tertiary/aromatic N) is 3. The van der Waals surface area contributed by atoms with Crippen LogP contribution < -0.4 is 9.62 Å². The fourth-order valence-corrected chi connectivity index (χ4v) is 6.43. The maximum atomic E-state index is 13.4. The van der Waals surface area contributed by atoms with Gasteiger partial charge in [0.2, 0.25) is 15.9 Å². The molecule has 11 nitrogen and oxygen atoms in total. The first-order valence-corrected chi connectivity index (χ1v) is 13.9. The quantitative estimate of drug-likeness (QED) is 0.304. The number of ether oxygens (including phenoxy) is 1. The van der Waals surface area contributed by atoms with Gasteiger partial charge in [0.1, 0.15) is 6.10 Å². The summed E-state index contributed by atoms with van der Waals surface area (Å²) < 4.78 is 34.8. The molecular weight excluding hydrogens is 512 g/mol. The van der Waals surface area contributed by atoms with Crippen LogP contribution in [0.5, 0.6) is 0 Å². The number of nitro benzene ring substituents is 1. The van der Waals surface area contributed by atoms with Crippen molar-refractivity contribution in [2.24, 2.45) is 5.92 Å². The first kappa shape index (κ1) is 27.7. The van der Waals surface area contributed by atoms with E-state index in [4.69, 9.17) is 4.74 Å². The predicted octanol–water partition coefficient (Wildman–Crippen LogP) is 2.63. The Bertz CT molecular complexity index is 1360. The Morgan fingerprint density at radius 3 is 2.45 bits per heavy atom. The van der Waals surface area contributed by atoms with E-state index in [-0.39, 0.29) is 25.4 Å². The number of benzene rings is 2. The average molecular weight is 545 g/mol. The van der Waals surface area contributed by atoms with E-state index in [0.29, 0.717) is 6.54 Å². The fraction of sp³-hybridized carbons (Fsp3) is 0.462. The van der Waals surface area contributed by atoms with Gasteiger partial charge in [-0.05, 0) is 44.9 Å². The van der Waals surface area contributed by atoms with Gasteiger partial charge < -0.3 is 9.64 Å². The molecule has 2 aromatic carbocycles. The number of rotatable bonds is 8. The Labute approximate surface area is 222 Å². The van der Waals surface area contributed by atoms with E-state index < -0.39 is 55.1 Å². The number of para-hydroxylation sites is 2. The molecule has 2 fully saturated rings. The minimum atomic E-state index is -4.37. The van der Waals surface area contributed by atoms with Crippen LogP contribution in [0, 0.1) is 23.0 Å². The molecule has 2 aliphatic rings. The van der Waals surface area contributed by atoms with Gasteiger partial charge in [0.25, 0.3) is 5.69 Å². The third kappa shape index (κ3) is 5.57. The molecule has 12 heteroatoms. The summed E-state index contributed by atoms with van der Waals surface area (Å²) in [6.07, 6.45) is -0.518. The fourth-order valence-electron chi connectivity index (χ4n) is 5.01. The van der Waals surface area contributed by atoms with Gasteiger partial charge in [0.15, 0.2) is 4.90 Å². The lowest BCUT2D eigenvalue weighted by atomic mass is 9.95. The van der Waals surface area contributed by atoms with Crippen molar-refractivity contribution in [2.45, 2.75) is 56.7 Å². The number of sulfonamides is 1. The van der Waals surface area contributed by atoms with E-state index in [0.717, 1.165) is 23.4 Å². The van der Waals surface area contributed by atoms with Crippen LogP contribution in [0.3, 0.4) is 0 Å². The molecule has 1 amide bonds. The van der Waals surface area contributed by atoms with Crippen molar-refractivity contribution in [1.29, 1.82) is 0 Å². The third-order valence-electron chi connectivity index (χ3n) is 7.21. The second kappa shape index (κ2) is 10.4. The van der Waals surface area contributed by atoms with Crippen LogP contribution in [0.1, 0.15) is 32.8 Å². The standard InChI is InChI=1S/C26H32N4O7S/c1-17-9-5-6-10-20(17)29-16-26(3,4)28(15-24(29)31)14-19(22-13-18(2)25(32)37-22)27-38(35,36)23-12-8-7-11-21(23)30(33)34/h5-12,18-19,22,27H,13-16H2,1-4H3/t18-,19+,22+/m1/s1. The van der Waals surface area contributed by atoms with Crippen LogP contribution in [0.2, 0.25) is 0 Å². The van der Waals surface area contributed by atoms with Gasteiger partial charge in [0, 0.05) is 30.4 Å². The second-order valence-corrected chi connectivity index (χ2v) is 12.2. The number of amides is 1. The molecule has 204 valence electrons. The van der Waals surface area contributed by atoms with Crippen LogP contribution in [-0.4, -0.2) is 67.4 Å². The molecule has 0 unspecified atom stereocenters. The van der Waals surface area contributed by atoms with Crippen molar-refractivity contribution < 1.29 is 27.7 Å². The largest absolute Gasteiger partial charge is 0.460 e. The Morgan fingerprint density at radius 1 is 1.16 bits per heavy atom. The first-order chi connectivity index (χ1) is 17.8. The molecule has 0 radical (unpaired) electrons. The molecule has 38 heavy (non-hydrogen) atoms. The molecule has 0 bridgehead atoms. The average Bonchev–Trinajstić information content (AvgIpc) is 3.19. The molecule has 0 saturated carbocycles. The number of nitrogens with one attached hydrogen (secondary N) is 1. The highest BCUT2D eigenvalue weighted by atomic mass is 32.2. The highest BCUT2D eigenvalue weighted by Gasteiger charge is 2.44. The number of carbonyl (C=O) groups is 2. The lowest BCUT2D eigenvalue weighted by molar-refractivity contribution is -0.387. The Morgan fingerprint density at radius 2 is 1.82 bits per heavy atom. The molecular formula is C26H32N4O7S. The normalized spacial score (nSPS) is 22.8. The van der Waals surface area contributed by atoms with E-state index in [1.54, 1.807) is 11.8 Å². The van der Waals surface area contributed by atoms with E-state index in [1.807, 2.05) is 49.9 Å². The molecule has 2 heterocycles. The Hall–Kier alpha value is -3.35. The number of piperazine rings is 1. The maximum absolute atomic E-state index is 13.4. The zero-order valence-electron chi connectivity index (χ0n) is 21.8. The van der Waals surface area contributed by atoms with E-state index in [1.165, 1.54) is 12.1 Å². The molecule has 1 N–H and O–H groups in total. The van der Waals surface area contributed by atoms with Crippen molar-refractivity contribution in [1.82, 2.24) is 9.62 Å². The number of hydrogen-bond acceptors (Lipinski definition) is 8. The summed E-state index contributed by atoms with van der Waals surface area (Å²) in [4.78, 5) is 39.3. The van der Waals surface area contributed by atoms with E-state index in [2.05, 4.69) is 4.72 Å². The molecule has 0 aromatic heterocycles. The van der Waals surface area contributed by atoms with E-state index >= 15 is 0 Å². The number of hydrogen-bond donors (Lipinski definition) is 1. The maximum Gasteiger partial charge on any atom is 0.309 e. The summed E-state index contributed by atoms with van der Waals surface area (Å²) in [5, 5.41) is 11.5. The van der Waals surface area contributed by atoms with Crippen molar-refractivity contribution in [2.75, 3.05) is 24.5 Å². The van der Waals surface area contributed by atoms with Crippen LogP contribution in [-0.2, 0) is 24.3 Å². The Kier molecular flexibility index (Phi) is 7.60. The number of cyclic esters (lactones) is 1. The van der Waals surface area contributed by atoms with Gasteiger partial charge in [-0.2, -0.15) is 0 Å². The number of aryl methyl sites for hydroxylation is 1. The number of anilines is 1. The van der Waals surface area contributed by atoms with Crippen molar-refractivity contribution in [3.05, 3.63) is 64.2 Å². The first-order valence-electron chi connectivity index (χ1n) is 12.4. The second-order valence-electron chi connectivity index (χ2n) is 10.5. The molecule has 2 aliphatic heterocycles. The zero-order valence-corrected chi connectivity index (χ0v) is 22.6. The minimum absolute atomic E-state index is 0.0151. The lowest BCUT2D eigenvalue weighted by Crippen LogP contribution is -2.65. The highest BCUT2D eigenvalue weighted by Crippen LogP contribution is 2.31. The topological polar surface area (TPSA) is 139 Å². The third-order valence-corrected chi connectivity index (χ3v) is 8.75. The van der Waals surface area contributed by atoms with Crippen molar-refractivity contribution in [3.63, 3.8) is 0 Å². The van der Waals surface area contributed by atoms with Crippen molar-refractivity contribution >= 4 is 33.3 Å². The van der Waals surface area contributed by atoms with Crippen LogP contribution >= 0.6 is 0 Å². The summed E-state index contributed by atoms with van der Waals surface area (Å²) in [6, 6.07) is 11.7. The molecule has 0 spiro atoms.